The van der Waals surface area contributed by atoms with E-state index in [1.165, 1.54) is 24.0 Å². The zero-order valence-corrected chi connectivity index (χ0v) is 12.8. The molecule has 1 aliphatic rings. The minimum atomic E-state index is 0.247. The Labute approximate surface area is 121 Å². The summed E-state index contributed by atoms with van der Waals surface area (Å²) in [6, 6.07) is 9.15. The van der Waals surface area contributed by atoms with Gasteiger partial charge in [0.1, 0.15) is 0 Å². The lowest BCUT2D eigenvalue weighted by Crippen LogP contribution is -2.33. The summed E-state index contributed by atoms with van der Waals surface area (Å²) in [5, 5.41) is 8.17. The van der Waals surface area contributed by atoms with E-state index < -0.39 is 0 Å². The third-order valence-corrected chi connectivity index (χ3v) is 4.50. The number of rotatable bonds is 2. The van der Waals surface area contributed by atoms with E-state index in [2.05, 4.69) is 61.6 Å². The number of benzene rings is 1. The number of nitrogens with zero attached hydrogens (tertiary/aromatic N) is 2. The van der Waals surface area contributed by atoms with Crippen molar-refractivity contribution in [3.63, 3.8) is 0 Å². The molecule has 1 unspecified atom stereocenters. The predicted octanol–water partition coefficient (Wildman–Crippen LogP) is 3.85. The molecule has 0 fully saturated rings. The Morgan fingerprint density at radius 3 is 2.75 bits per heavy atom. The van der Waals surface area contributed by atoms with Crippen LogP contribution in [0.2, 0.25) is 0 Å². The van der Waals surface area contributed by atoms with Crippen LogP contribution in [0.4, 0.5) is 5.69 Å². The zero-order chi connectivity index (χ0) is 14.3. The van der Waals surface area contributed by atoms with E-state index in [1.807, 2.05) is 11.7 Å². The number of nitrogens with one attached hydrogen (secondary N) is 1. The van der Waals surface area contributed by atoms with Gasteiger partial charge in [-0.3, -0.25) is 4.68 Å². The number of hydrogen-bond donors (Lipinski definition) is 1. The maximum atomic E-state index is 4.43. The highest BCUT2D eigenvalue weighted by Crippen LogP contribution is 2.45. The third-order valence-electron chi connectivity index (χ3n) is 4.50. The van der Waals surface area contributed by atoms with Crippen LogP contribution >= 0.6 is 0 Å². The average Bonchev–Trinajstić information content (AvgIpc) is 2.71. The number of aromatic nitrogens is 2. The Kier molecular flexibility index (Phi) is 3.08. The van der Waals surface area contributed by atoms with Gasteiger partial charge in [-0.15, -0.1) is 0 Å². The monoisotopic (exact) mass is 269 g/mol. The minimum Gasteiger partial charge on any atom is -0.375 e. The Morgan fingerprint density at radius 2 is 2.05 bits per heavy atom. The highest BCUT2D eigenvalue weighted by atomic mass is 15.3. The molecule has 1 aliphatic carbocycles. The molecule has 3 nitrogen and oxygen atoms in total. The van der Waals surface area contributed by atoms with Crippen molar-refractivity contribution in [2.45, 2.75) is 39.7 Å². The van der Waals surface area contributed by atoms with Gasteiger partial charge >= 0.3 is 0 Å². The van der Waals surface area contributed by atoms with Crippen molar-refractivity contribution >= 4 is 5.69 Å². The van der Waals surface area contributed by atoms with E-state index in [9.17, 15) is 0 Å². The first kappa shape index (κ1) is 13.2. The molecular weight excluding hydrogens is 246 g/mol. The summed E-state index contributed by atoms with van der Waals surface area (Å²) in [6.07, 6.45) is 4.46. The molecule has 1 aromatic carbocycles. The third kappa shape index (κ3) is 2.21. The van der Waals surface area contributed by atoms with Gasteiger partial charge in [-0.05, 0) is 36.3 Å². The molecule has 0 amide bonds. The highest BCUT2D eigenvalue weighted by Gasteiger charge is 2.36. The summed E-state index contributed by atoms with van der Waals surface area (Å²) in [6.45, 7) is 6.77. The summed E-state index contributed by atoms with van der Waals surface area (Å²) in [5.74, 6) is 0. The standard InChI is InChI=1S/C17H23N3/c1-12-15(11-20(4)19-12)18-16-14-8-6-5-7-13(14)9-10-17(16,2)3/h5-8,11,16,18H,9-10H2,1-4H3. The fourth-order valence-electron chi connectivity index (χ4n) is 3.24. The first-order valence-corrected chi connectivity index (χ1v) is 7.32. The molecule has 0 radical (unpaired) electrons. The average molecular weight is 269 g/mol. The van der Waals surface area contributed by atoms with Gasteiger partial charge in [0.2, 0.25) is 0 Å². The quantitative estimate of drug-likeness (QED) is 0.897. The highest BCUT2D eigenvalue weighted by molar-refractivity contribution is 5.50. The van der Waals surface area contributed by atoms with Crippen LogP contribution in [0.1, 0.15) is 43.1 Å². The van der Waals surface area contributed by atoms with Crippen LogP contribution in [0.25, 0.3) is 0 Å². The van der Waals surface area contributed by atoms with E-state index >= 15 is 0 Å². The van der Waals surface area contributed by atoms with Crippen molar-refractivity contribution in [2.75, 3.05) is 5.32 Å². The van der Waals surface area contributed by atoms with Gasteiger partial charge in [-0.2, -0.15) is 5.10 Å². The van der Waals surface area contributed by atoms with Crippen LogP contribution < -0.4 is 5.32 Å². The van der Waals surface area contributed by atoms with Crippen molar-refractivity contribution in [3.8, 4) is 0 Å². The van der Waals surface area contributed by atoms with E-state index in [0.29, 0.717) is 6.04 Å². The second-order valence-electron chi connectivity index (χ2n) is 6.57. The zero-order valence-electron chi connectivity index (χ0n) is 12.8. The SMILES string of the molecule is Cc1nn(C)cc1NC1c2ccccc2CCC1(C)C. The van der Waals surface area contributed by atoms with Crippen LogP contribution in [0.15, 0.2) is 30.5 Å². The molecule has 0 saturated carbocycles. The van der Waals surface area contributed by atoms with Crippen molar-refractivity contribution in [1.29, 1.82) is 0 Å². The second kappa shape index (κ2) is 4.65. The molecule has 3 heteroatoms. The van der Waals surface area contributed by atoms with Crippen LogP contribution in [-0.4, -0.2) is 9.78 Å². The van der Waals surface area contributed by atoms with Gasteiger partial charge in [0, 0.05) is 13.2 Å². The number of fused-ring (bicyclic) bond motifs is 1. The van der Waals surface area contributed by atoms with Gasteiger partial charge in [-0.25, -0.2) is 0 Å². The van der Waals surface area contributed by atoms with Crippen LogP contribution in [-0.2, 0) is 13.5 Å². The van der Waals surface area contributed by atoms with E-state index in [-0.39, 0.29) is 5.41 Å². The summed E-state index contributed by atoms with van der Waals surface area (Å²) in [5.41, 5.74) is 5.36. The molecule has 3 rings (SSSR count). The van der Waals surface area contributed by atoms with Crippen molar-refractivity contribution in [1.82, 2.24) is 9.78 Å². The normalized spacial score (nSPS) is 20.5. The van der Waals surface area contributed by atoms with Gasteiger partial charge in [0.05, 0.1) is 17.4 Å². The first-order valence-electron chi connectivity index (χ1n) is 7.32. The predicted molar refractivity (Wildman–Crippen MR) is 82.9 cm³/mol. The number of hydrogen-bond acceptors (Lipinski definition) is 2. The molecule has 20 heavy (non-hydrogen) atoms. The maximum absolute atomic E-state index is 4.43. The van der Waals surface area contributed by atoms with E-state index in [0.717, 1.165) is 11.4 Å². The Balaban J connectivity index is 2.00. The smallest absolute Gasteiger partial charge is 0.0825 e. The number of anilines is 1. The molecule has 1 N–H and O–H groups in total. The molecule has 1 heterocycles. The lowest BCUT2D eigenvalue weighted by atomic mass is 9.70. The number of aryl methyl sites for hydroxylation is 3. The molecule has 0 saturated heterocycles. The second-order valence-corrected chi connectivity index (χ2v) is 6.57. The van der Waals surface area contributed by atoms with Crippen LogP contribution in [0.3, 0.4) is 0 Å². The first-order chi connectivity index (χ1) is 9.47. The van der Waals surface area contributed by atoms with Crippen molar-refractivity contribution in [2.24, 2.45) is 12.5 Å². The Bertz CT molecular complexity index is 625. The van der Waals surface area contributed by atoms with Crippen LogP contribution in [0.5, 0.6) is 0 Å². The lowest BCUT2D eigenvalue weighted by molar-refractivity contribution is 0.265. The maximum Gasteiger partial charge on any atom is 0.0825 e. The van der Waals surface area contributed by atoms with Gasteiger partial charge < -0.3 is 5.32 Å². The Hall–Kier alpha value is -1.77. The molecule has 2 aromatic rings. The van der Waals surface area contributed by atoms with Gasteiger partial charge in [0.15, 0.2) is 0 Å². The van der Waals surface area contributed by atoms with Crippen molar-refractivity contribution < 1.29 is 0 Å². The van der Waals surface area contributed by atoms with E-state index in [4.69, 9.17) is 0 Å². The molecule has 1 aromatic heterocycles. The Morgan fingerprint density at radius 1 is 1.30 bits per heavy atom. The topological polar surface area (TPSA) is 29.9 Å². The summed E-state index contributed by atoms with van der Waals surface area (Å²) >= 11 is 0. The van der Waals surface area contributed by atoms with Gasteiger partial charge in [0.25, 0.3) is 0 Å². The summed E-state index contributed by atoms with van der Waals surface area (Å²) < 4.78 is 1.87. The minimum absolute atomic E-state index is 0.247. The molecule has 0 spiro atoms. The molecular formula is C17H23N3. The molecule has 0 aliphatic heterocycles. The molecule has 0 bridgehead atoms. The lowest BCUT2D eigenvalue weighted by Gasteiger charge is -2.41. The van der Waals surface area contributed by atoms with E-state index in [1.54, 1.807) is 0 Å². The fraction of sp³-hybridized carbons (Fsp3) is 0.471. The van der Waals surface area contributed by atoms with Crippen LogP contribution in [0, 0.1) is 12.3 Å². The fourth-order valence-corrected chi connectivity index (χ4v) is 3.24. The largest absolute Gasteiger partial charge is 0.375 e. The van der Waals surface area contributed by atoms with Crippen molar-refractivity contribution in [3.05, 3.63) is 47.3 Å². The summed E-state index contributed by atoms with van der Waals surface area (Å²) in [7, 11) is 1.97. The molecule has 106 valence electrons. The van der Waals surface area contributed by atoms with Gasteiger partial charge in [-0.1, -0.05) is 38.1 Å². The summed E-state index contributed by atoms with van der Waals surface area (Å²) in [4.78, 5) is 0. The molecule has 1 atom stereocenters.